The van der Waals surface area contributed by atoms with Crippen molar-refractivity contribution in [3.8, 4) is 0 Å². The van der Waals surface area contributed by atoms with E-state index in [4.69, 9.17) is 9.15 Å². The maximum absolute atomic E-state index is 12.3. The number of furan rings is 1. The molecule has 26 heavy (non-hydrogen) atoms. The summed E-state index contributed by atoms with van der Waals surface area (Å²) in [7, 11) is 1.37. The molecule has 1 N–H and O–H groups in total. The molecule has 0 saturated carbocycles. The van der Waals surface area contributed by atoms with Gasteiger partial charge in [0.15, 0.2) is 0 Å². The fraction of sp³-hybridized carbons (Fsp3) is 0.400. The Hall–Kier alpha value is -2.34. The van der Waals surface area contributed by atoms with Gasteiger partial charge >= 0.3 is 5.97 Å². The third-order valence-electron chi connectivity index (χ3n) is 4.73. The van der Waals surface area contributed by atoms with Crippen molar-refractivity contribution < 1.29 is 18.7 Å². The number of esters is 1. The van der Waals surface area contributed by atoms with Crippen LogP contribution in [0.25, 0.3) is 6.08 Å². The Balaban J connectivity index is 1.82. The van der Waals surface area contributed by atoms with Crippen LogP contribution in [0.1, 0.15) is 52.1 Å². The second-order valence-electron chi connectivity index (χ2n) is 6.49. The lowest BCUT2D eigenvalue weighted by molar-refractivity contribution is -0.111. The summed E-state index contributed by atoms with van der Waals surface area (Å²) in [6.07, 6.45) is 7.02. The number of rotatable bonds is 5. The molecule has 1 amide bonds. The van der Waals surface area contributed by atoms with Crippen molar-refractivity contribution in [3.63, 3.8) is 0 Å². The van der Waals surface area contributed by atoms with Gasteiger partial charge in [-0.1, -0.05) is 13.3 Å². The maximum Gasteiger partial charge on any atom is 0.341 e. The molecule has 2 aromatic rings. The number of hydrogen-bond donors (Lipinski definition) is 1. The molecule has 0 bridgehead atoms. The first kappa shape index (κ1) is 18.5. The summed E-state index contributed by atoms with van der Waals surface area (Å²) in [5.74, 6) is 1.35. The molecule has 0 spiro atoms. The number of amides is 1. The molecule has 5 nitrogen and oxygen atoms in total. The number of anilines is 1. The molecule has 138 valence electrons. The Labute approximate surface area is 157 Å². The summed E-state index contributed by atoms with van der Waals surface area (Å²) in [5.41, 5.74) is 1.55. The Bertz CT molecular complexity index is 846. The molecule has 0 radical (unpaired) electrons. The van der Waals surface area contributed by atoms with Crippen LogP contribution >= 0.6 is 11.3 Å². The molecule has 1 unspecified atom stereocenters. The maximum atomic E-state index is 12.3. The fourth-order valence-corrected chi connectivity index (χ4v) is 4.62. The highest BCUT2D eigenvalue weighted by Crippen LogP contribution is 2.40. The highest BCUT2D eigenvalue weighted by Gasteiger charge is 2.29. The molecule has 0 saturated heterocycles. The highest BCUT2D eigenvalue weighted by molar-refractivity contribution is 7.17. The minimum absolute atomic E-state index is 0.296. The minimum Gasteiger partial charge on any atom is -0.465 e. The first-order valence-corrected chi connectivity index (χ1v) is 9.61. The van der Waals surface area contributed by atoms with Gasteiger partial charge in [-0.3, -0.25) is 4.79 Å². The number of fused-ring (bicyclic) bond motifs is 1. The predicted molar refractivity (Wildman–Crippen MR) is 103 cm³/mol. The van der Waals surface area contributed by atoms with Crippen molar-refractivity contribution in [1.29, 1.82) is 0 Å². The topological polar surface area (TPSA) is 68.5 Å². The number of thiophene rings is 1. The van der Waals surface area contributed by atoms with Crippen molar-refractivity contribution in [2.75, 3.05) is 12.4 Å². The van der Waals surface area contributed by atoms with Crippen LogP contribution in [0.15, 0.2) is 22.6 Å². The molecule has 0 aliphatic heterocycles. The van der Waals surface area contributed by atoms with Crippen molar-refractivity contribution in [3.05, 3.63) is 45.7 Å². The molecule has 6 heteroatoms. The predicted octanol–water partition coefficient (Wildman–Crippen LogP) is 4.60. The third-order valence-corrected chi connectivity index (χ3v) is 5.90. The number of ether oxygens (including phenoxy) is 1. The lowest BCUT2D eigenvalue weighted by atomic mass is 9.86. The molecule has 0 aromatic carbocycles. The summed E-state index contributed by atoms with van der Waals surface area (Å²) in [6, 6.07) is 3.64. The Morgan fingerprint density at radius 3 is 2.88 bits per heavy atom. The van der Waals surface area contributed by atoms with Crippen LogP contribution in [0.4, 0.5) is 5.00 Å². The quantitative estimate of drug-likeness (QED) is 0.614. The summed E-state index contributed by atoms with van der Waals surface area (Å²) in [6.45, 7) is 4.04. The molecule has 1 atom stereocenters. The second kappa shape index (κ2) is 7.91. The van der Waals surface area contributed by atoms with E-state index in [0.717, 1.165) is 37.0 Å². The molecule has 0 fully saturated rings. The van der Waals surface area contributed by atoms with Crippen LogP contribution in [0.5, 0.6) is 0 Å². The van der Waals surface area contributed by atoms with Gasteiger partial charge in [0.1, 0.15) is 16.5 Å². The zero-order chi connectivity index (χ0) is 18.7. The molecular formula is C20H23NO4S. The first-order chi connectivity index (χ1) is 12.5. The van der Waals surface area contributed by atoms with E-state index >= 15 is 0 Å². The summed E-state index contributed by atoms with van der Waals surface area (Å²) in [4.78, 5) is 25.8. The van der Waals surface area contributed by atoms with E-state index in [1.165, 1.54) is 29.4 Å². The van der Waals surface area contributed by atoms with Gasteiger partial charge in [-0.15, -0.1) is 11.3 Å². The number of methoxy groups -OCH3 is 1. The number of carbonyl (C=O) groups excluding carboxylic acids is 2. The van der Waals surface area contributed by atoms with Crippen LogP contribution in [0.2, 0.25) is 0 Å². The van der Waals surface area contributed by atoms with E-state index in [2.05, 4.69) is 12.2 Å². The van der Waals surface area contributed by atoms with E-state index in [1.54, 1.807) is 12.1 Å². The van der Waals surface area contributed by atoms with Gasteiger partial charge in [0, 0.05) is 11.0 Å². The lowest BCUT2D eigenvalue weighted by Crippen LogP contribution is -2.15. The Kier molecular flexibility index (Phi) is 5.61. The van der Waals surface area contributed by atoms with Crippen LogP contribution < -0.4 is 5.32 Å². The average molecular weight is 373 g/mol. The van der Waals surface area contributed by atoms with E-state index in [0.29, 0.717) is 22.2 Å². The van der Waals surface area contributed by atoms with Crippen molar-refractivity contribution in [2.24, 2.45) is 5.92 Å². The fourth-order valence-electron chi connectivity index (χ4n) is 3.26. The summed E-state index contributed by atoms with van der Waals surface area (Å²) >= 11 is 1.49. The SMILES string of the molecule is CCC1CCc2c(sc(NC(=O)C=Cc3ccc(C)o3)c2C(=O)OC)C1. The number of aryl methyl sites for hydroxylation is 1. The largest absolute Gasteiger partial charge is 0.465 e. The van der Waals surface area contributed by atoms with Gasteiger partial charge in [-0.05, 0) is 55.9 Å². The monoisotopic (exact) mass is 373 g/mol. The van der Waals surface area contributed by atoms with E-state index in [1.807, 2.05) is 13.0 Å². The van der Waals surface area contributed by atoms with Crippen molar-refractivity contribution >= 4 is 34.3 Å². The normalized spacial score (nSPS) is 16.5. The molecule has 3 rings (SSSR count). The number of nitrogens with one attached hydrogen (secondary N) is 1. The molecule has 2 heterocycles. The minimum atomic E-state index is -0.390. The van der Waals surface area contributed by atoms with Crippen LogP contribution in [0, 0.1) is 12.8 Å². The van der Waals surface area contributed by atoms with E-state index in [9.17, 15) is 9.59 Å². The zero-order valence-corrected chi connectivity index (χ0v) is 16.1. The van der Waals surface area contributed by atoms with Gasteiger partial charge in [-0.25, -0.2) is 4.79 Å². The van der Waals surface area contributed by atoms with Crippen LogP contribution in [0.3, 0.4) is 0 Å². The number of carbonyl (C=O) groups is 2. The second-order valence-corrected chi connectivity index (χ2v) is 7.59. The van der Waals surface area contributed by atoms with Crippen molar-refractivity contribution in [1.82, 2.24) is 0 Å². The van der Waals surface area contributed by atoms with E-state index < -0.39 is 5.97 Å². The Morgan fingerprint density at radius 2 is 2.23 bits per heavy atom. The molecular weight excluding hydrogens is 350 g/mol. The summed E-state index contributed by atoms with van der Waals surface area (Å²) < 4.78 is 10.4. The van der Waals surface area contributed by atoms with Gasteiger partial charge in [0.2, 0.25) is 5.91 Å². The standard InChI is InChI=1S/C20H23NO4S/c1-4-13-6-9-15-16(11-13)26-19(18(15)20(23)24-3)21-17(22)10-8-14-7-5-12(2)25-14/h5,7-8,10,13H,4,6,9,11H2,1-3H3,(H,21,22). The molecule has 1 aliphatic carbocycles. The Morgan fingerprint density at radius 1 is 1.42 bits per heavy atom. The zero-order valence-electron chi connectivity index (χ0n) is 15.3. The summed E-state index contributed by atoms with van der Waals surface area (Å²) in [5, 5.41) is 3.42. The van der Waals surface area contributed by atoms with Gasteiger partial charge in [0.05, 0.1) is 12.7 Å². The smallest absolute Gasteiger partial charge is 0.341 e. The molecule has 2 aromatic heterocycles. The van der Waals surface area contributed by atoms with E-state index in [-0.39, 0.29) is 5.91 Å². The van der Waals surface area contributed by atoms with Crippen LogP contribution in [-0.2, 0) is 22.4 Å². The van der Waals surface area contributed by atoms with Gasteiger partial charge < -0.3 is 14.5 Å². The van der Waals surface area contributed by atoms with Gasteiger partial charge in [-0.2, -0.15) is 0 Å². The number of hydrogen-bond acceptors (Lipinski definition) is 5. The van der Waals surface area contributed by atoms with Crippen molar-refractivity contribution in [2.45, 2.75) is 39.5 Å². The lowest BCUT2D eigenvalue weighted by Gasteiger charge is -2.20. The van der Waals surface area contributed by atoms with Gasteiger partial charge in [0.25, 0.3) is 0 Å². The first-order valence-electron chi connectivity index (χ1n) is 8.80. The highest BCUT2D eigenvalue weighted by atomic mass is 32.1. The average Bonchev–Trinajstić information content (AvgIpc) is 3.21. The molecule has 1 aliphatic rings. The third kappa shape index (κ3) is 3.90. The van der Waals surface area contributed by atoms with Crippen LogP contribution in [-0.4, -0.2) is 19.0 Å².